The molecule has 37 heavy (non-hydrogen) atoms. The van der Waals surface area contributed by atoms with E-state index in [1.54, 1.807) is 30.6 Å². The van der Waals surface area contributed by atoms with Gasteiger partial charge in [0.05, 0.1) is 28.5 Å². The third kappa shape index (κ3) is 5.21. The van der Waals surface area contributed by atoms with E-state index >= 15 is 0 Å². The molecular weight excluding hydrogens is 465 g/mol. The van der Waals surface area contributed by atoms with Gasteiger partial charge in [-0.25, -0.2) is 9.97 Å². The van der Waals surface area contributed by atoms with Gasteiger partial charge in [-0.15, -0.1) is 10.2 Å². The van der Waals surface area contributed by atoms with Crippen LogP contribution in [0.4, 0.5) is 0 Å². The second-order valence-electron chi connectivity index (χ2n) is 9.87. The Morgan fingerprint density at radius 3 is 2.24 bits per heavy atom. The van der Waals surface area contributed by atoms with Crippen LogP contribution in [-0.4, -0.2) is 38.5 Å². The normalized spacial score (nSPS) is 15.8. The zero-order chi connectivity index (χ0) is 26.0. The molecule has 0 atom stereocenters. The minimum atomic E-state index is -0.499. The number of benzene rings is 2. The zero-order valence-corrected chi connectivity index (χ0v) is 21.2. The molecule has 0 aliphatic carbocycles. The van der Waals surface area contributed by atoms with Crippen LogP contribution >= 0.6 is 0 Å². The Hall–Kier alpha value is -4.13. The SMILES string of the molecule is CC1(C)OB(c2cnc(-c3cccc(COc4ccc(-c5cccc(C#N)c5)nn4)c3)nc2)OC1(C)C. The van der Waals surface area contributed by atoms with E-state index in [4.69, 9.17) is 19.3 Å². The van der Waals surface area contributed by atoms with Gasteiger partial charge in [0.25, 0.3) is 0 Å². The van der Waals surface area contributed by atoms with Crippen LogP contribution in [0.3, 0.4) is 0 Å². The van der Waals surface area contributed by atoms with Crippen molar-refractivity contribution < 1.29 is 14.0 Å². The van der Waals surface area contributed by atoms with Crippen LogP contribution in [0.1, 0.15) is 38.8 Å². The highest BCUT2D eigenvalue weighted by Crippen LogP contribution is 2.36. The third-order valence-corrected chi connectivity index (χ3v) is 6.70. The molecule has 0 saturated carbocycles. The molecule has 1 aliphatic rings. The van der Waals surface area contributed by atoms with E-state index in [2.05, 4.69) is 26.2 Å². The summed E-state index contributed by atoms with van der Waals surface area (Å²) in [7, 11) is -0.499. The first-order chi connectivity index (χ1) is 17.7. The first kappa shape index (κ1) is 24.6. The van der Waals surface area contributed by atoms with Crippen LogP contribution in [0.15, 0.2) is 73.1 Å². The molecule has 8 nitrogen and oxygen atoms in total. The number of hydrogen-bond acceptors (Lipinski definition) is 8. The molecule has 0 spiro atoms. The summed E-state index contributed by atoms with van der Waals surface area (Å²) in [6.07, 6.45) is 3.49. The van der Waals surface area contributed by atoms with Gasteiger partial charge in [-0.2, -0.15) is 5.26 Å². The molecule has 3 heterocycles. The summed E-state index contributed by atoms with van der Waals surface area (Å²) < 4.78 is 18.0. The third-order valence-electron chi connectivity index (χ3n) is 6.70. The van der Waals surface area contributed by atoms with Gasteiger partial charge >= 0.3 is 7.12 Å². The molecule has 9 heteroatoms. The summed E-state index contributed by atoms with van der Waals surface area (Å²) in [6, 6.07) is 20.8. The summed E-state index contributed by atoms with van der Waals surface area (Å²) in [5.74, 6) is 1.01. The molecule has 0 radical (unpaired) electrons. The predicted molar refractivity (Wildman–Crippen MR) is 140 cm³/mol. The van der Waals surface area contributed by atoms with E-state index in [0.29, 0.717) is 29.6 Å². The van der Waals surface area contributed by atoms with Crippen molar-refractivity contribution in [3.63, 3.8) is 0 Å². The van der Waals surface area contributed by atoms with Crippen molar-refractivity contribution in [2.75, 3.05) is 0 Å². The second kappa shape index (κ2) is 9.73. The van der Waals surface area contributed by atoms with E-state index in [0.717, 1.165) is 22.2 Å². The van der Waals surface area contributed by atoms with Crippen molar-refractivity contribution in [1.29, 1.82) is 5.26 Å². The summed E-state index contributed by atoms with van der Waals surface area (Å²) in [5.41, 5.74) is 3.84. The van der Waals surface area contributed by atoms with Gasteiger partial charge in [0.2, 0.25) is 5.88 Å². The number of ether oxygens (including phenoxy) is 1. The topological polar surface area (TPSA) is 103 Å². The van der Waals surface area contributed by atoms with E-state index in [1.807, 2.05) is 70.2 Å². The highest BCUT2D eigenvalue weighted by Gasteiger charge is 2.51. The maximum atomic E-state index is 9.09. The van der Waals surface area contributed by atoms with Crippen molar-refractivity contribution in [2.45, 2.75) is 45.5 Å². The molecule has 4 aromatic rings. The quantitative estimate of drug-likeness (QED) is 0.367. The number of nitrogens with zero attached hydrogens (tertiary/aromatic N) is 5. The molecule has 2 aromatic carbocycles. The monoisotopic (exact) mass is 491 g/mol. The van der Waals surface area contributed by atoms with Crippen LogP contribution in [0, 0.1) is 11.3 Å². The van der Waals surface area contributed by atoms with Gasteiger partial charge in [0, 0.05) is 35.0 Å². The van der Waals surface area contributed by atoms with Gasteiger partial charge in [-0.05, 0) is 57.5 Å². The molecule has 0 unspecified atom stereocenters. The van der Waals surface area contributed by atoms with E-state index < -0.39 is 18.3 Å². The fraction of sp³-hybridized carbons (Fsp3) is 0.250. The number of nitriles is 1. The summed E-state index contributed by atoms with van der Waals surface area (Å²) in [5, 5.41) is 17.5. The first-order valence-corrected chi connectivity index (χ1v) is 12.0. The maximum absolute atomic E-state index is 9.09. The lowest BCUT2D eigenvalue weighted by atomic mass is 9.81. The Labute approximate surface area is 216 Å². The largest absolute Gasteiger partial charge is 0.498 e. The smallest absolute Gasteiger partial charge is 0.472 e. The summed E-state index contributed by atoms with van der Waals surface area (Å²) >= 11 is 0. The van der Waals surface area contributed by atoms with Crippen LogP contribution in [0.2, 0.25) is 0 Å². The predicted octanol–water partition coefficient (Wildman–Crippen LogP) is 4.35. The Morgan fingerprint density at radius 1 is 0.865 bits per heavy atom. The highest BCUT2D eigenvalue weighted by molar-refractivity contribution is 6.61. The molecule has 5 rings (SSSR count). The molecule has 0 amide bonds. The number of aromatic nitrogens is 4. The van der Waals surface area contributed by atoms with Crippen molar-refractivity contribution in [3.8, 4) is 34.6 Å². The molecular formula is C28H26BN5O3. The van der Waals surface area contributed by atoms with Crippen LogP contribution in [-0.2, 0) is 15.9 Å². The minimum Gasteiger partial charge on any atom is -0.472 e. The fourth-order valence-electron chi connectivity index (χ4n) is 3.84. The Bertz CT molecular complexity index is 1430. The zero-order valence-electron chi connectivity index (χ0n) is 21.2. The molecule has 2 aromatic heterocycles. The summed E-state index contributed by atoms with van der Waals surface area (Å²) in [4.78, 5) is 9.09. The lowest BCUT2D eigenvalue weighted by Crippen LogP contribution is -2.41. The van der Waals surface area contributed by atoms with Gasteiger partial charge in [0.1, 0.15) is 6.61 Å². The average molecular weight is 491 g/mol. The lowest BCUT2D eigenvalue weighted by molar-refractivity contribution is 0.00578. The van der Waals surface area contributed by atoms with E-state index in [9.17, 15) is 0 Å². The molecule has 0 N–H and O–H groups in total. The van der Waals surface area contributed by atoms with Crippen molar-refractivity contribution in [3.05, 3.63) is 84.2 Å². The van der Waals surface area contributed by atoms with Crippen molar-refractivity contribution in [1.82, 2.24) is 20.2 Å². The van der Waals surface area contributed by atoms with Crippen LogP contribution in [0.5, 0.6) is 5.88 Å². The maximum Gasteiger partial charge on any atom is 0.498 e. The van der Waals surface area contributed by atoms with Gasteiger partial charge in [-0.1, -0.05) is 30.3 Å². The van der Waals surface area contributed by atoms with Gasteiger partial charge in [0.15, 0.2) is 5.82 Å². The number of rotatable bonds is 6. The van der Waals surface area contributed by atoms with E-state index in [-0.39, 0.29) is 0 Å². The number of hydrogen-bond donors (Lipinski definition) is 0. The highest BCUT2D eigenvalue weighted by atomic mass is 16.7. The van der Waals surface area contributed by atoms with Crippen LogP contribution < -0.4 is 10.2 Å². The van der Waals surface area contributed by atoms with Gasteiger partial charge in [-0.3, -0.25) is 0 Å². The van der Waals surface area contributed by atoms with E-state index in [1.165, 1.54) is 0 Å². The molecule has 1 fully saturated rings. The van der Waals surface area contributed by atoms with Gasteiger partial charge < -0.3 is 14.0 Å². The minimum absolute atomic E-state index is 0.317. The average Bonchev–Trinajstić information content (AvgIpc) is 3.14. The second-order valence-corrected chi connectivity index (χ2v) is 9.87. The summed E-state index contributed by atoms with van der Waals surface area (Å²) in [6.45, 7) is 8.39. The molecule has 1 aliphatic heterocycles. The molecule has 184 valence electrons. The lowest BCUT2D eigenvalue weighted by Gasteiger charge is -2.32. The Kier molecular flexibility index (Phi) is 6.46. The first-order valence-electron chi connectivity index (χ1n) is 12.0. The Balaban J connectivity index is 1.24. The van der Waals surface area contributed by atoms with Crippen molar-refractivity contribution in [2.24, 2.45) is 0 Å². The van der Waals surface area contributed by atoms with Crippen molar-refractivity contribution >= 4 is 12.6 Å². The standard InChI is InChI=1S/C28H26BN5O3/c1-27(2)28(3,4)37-29(36-27)23-16-31-26(32-17-23)22-10-6-8-20(14-22)18-35-25-12-11-24(33-34-25)21-9-5-7-19(13-21)15-30/h5-14,16-17H,18H2,1-4H3. The fourth-order valence-corrected chi connectivity index (χ4v) is 3.84. The molecule has 0 bridgehead atoms. The van der Waals surface area contributed by atoms with Crippen LogP contribution in [0.25, 0.3) is 22.6 Å². The Morgan fingerprint density at radius 2 is 1.57 bits per heavy atom. The molecule has 1 saturated heterocycles.